The summed E-state index contributed by atoms with van der Waals surface area (Å²) in [7, 11) is -3.91. The summed E-state index contributed by atoms with van der Waals surface area (Å²) < 4.78 is 28.2. The summed E-state index contributed by atoms with van der Waals surface area (Å²) in [5.41, 5.74) is 14.3. The lowest BCUT2D eigenvalue weighted by atomic mass is 10.1. The maximum absolute atomic E-state index is 13.0. The summed E-state index contributed by atoms with van der Waals surface area (Å²) in [6.07, 6.45) is 0.479. The Labute approximate surface area is 227 Å². The number of carbonyl (C=O) groups is 2. The van der Waals surface area contributed by atoms with Gasteiger partial charge < -0.3 is 27.2 Å². The highest BCUT2D eigenvalue weighted by Crippen LogP contribution is 2.14. The Kier molecular flexibility index (Phi) is 10.0. The Morgan fingerprint density at radius 1 is 0.872 bits per heavy atom. The topological polar surface area (TPSA) is 200 Å². The first kappa shape index (κ1) is 29.1. The number of aryl methyl sites for hydroxylation is 1. The predicted molar refractivity (Wildman–Crippen MR) is 149 cm³/mol. The molecule has 3 aromatic carbocycles. The minimum absolute atomic E-state index is 0.0580. The van der Waals surface area contributed by atoms with Crippen LogP contribution in [-0.2, 0) is 38.3 Å². The molecule has 0 bridgehead atoms. The number of phenols is 1. The maximum atomic E-state index is 13.0. The van der Waals surface area contributed by atoms with Gasteiger partial charge in [-0.25, -0.2) is 13.1 Å². The molecule has 2 amide bonds. The summed E-state index contributed by atoms with van der Waals surface area (Å²) in [6, 6.07) is 18.4. The van der Waals surface area contributed by atoms with Gasteiger partial charge in [0, 0.05) is 17.8 Å². The van der Waals surface area contributed by atoms with Gasteiger partial charge in [0.15, 0.2) is 0 Å². The molecule has 3 rings (SSSR count). The molecule has 3 aromatic rings. The number of amides is 2. The molecule has 0 aliphatic rings. The largest absolute Gasteiger partial charge is 0.508 e. The number of nitrogen functional groups attached to an aromatic ring is 2. The summed E-state index contributed by atoms with van der Waals surface area (Å²) in [5, 5.41) is 22.1. The number of hydrogen-bond acceptors (Lipinski definition) is 7. The lowest BCUT2D eigenvalue weighted by Gasteiger charge is -2.19. The molecular formula is C27H32N6O5S. The molecule has 0 unspecified atom stereocenters. The van der Waals surface area contributed by atoms with E-state index in [1.54, 1.807) is 60.7 Å². The van der Waals surface area contributed by atoms with Gasteiger partial charge in [-0.3, -0.25) is 15.0 Å². The van der Waals surface area contributed by atoms with Crippen molar-refractivity contribution in [1.29, 1.82) is 5.41 Å². The third-order valence-electron chi connectivity index (χ3n) is 5.81. The number of nitrogens with two attached hydrogens (primary N) is 2. The number of rotatable bonds is 13. The highest BCUT2D eigenvalue weighted by Gasteiger charge is 2.25. The van der Waals surface area contributed by atoms with Crippen molar-refractivity contribution in [3.63, 3.8) is 0 Å². The second-order valence-corrected chi connectivity index (χ2v) is 10.7. The maximum Gasteiger partial charge on any atom is 0.239 e. The Balaban J connectivity index is 1.60. The molecule has 0 saturated heterocycles. The smallest absolute Gasteiger partial charge is 0.239 e. The molecule has 0 aromatic heterocycles. The van der Waals surface area contributed by atoms with Crippen LogP contribution in [0.5, 0.6) is 5.75 Å². The highest BCUT2D eigenvalue weighted by atomic mass is 32.2. The van der Waals surface area contributed by atoms with Crippen molar-refractivity contribution in [2.45, 2.75) is 31.2 Å². The molecule has 0 radical (unpaired) electrons. The summed E-state index contributed by atoms with van der Waals surface area (Å²) in [5.74, 6) is -1.41. The van der Waals surface area contributed by atoms with E-state index in [4.69, 9.17) is 16.9 Å². The van der Waals surface area contributed by atoms with Gasteiger partial charge in [0.1, 0.15) is 17.6 Å². The van der Waals surface area contributed by atoms with Gasteiger partial charge in [-0.05, 0) is 53.8 Å². The molecule has 0 fully saturated rings. The van der Waals surface area contributed by atoms with E-state index < -0.39 is 27.9 Å². The van der Waals surface area contributed by atoms with Gasteiger partial charge in [-0.15, -0.1) is 0 Å². The second kappa shape index (κ2) is 13.4. The molecule has 0 aliphatic heterocycles. The summed E-state index contributed by atoms with van der Waals surface area (Å²) in [4.78, 5) is 25.3. The Morgan fingerprint density at radius 2 is 1.46 bits per heavy atom. The van der Waals surface area contributed by atoms with Crippen LogP contribution in [0.15, 0.2) is 72.8 Å². The van der Waals surface area contributed by atoms with E-state index in [2.05, 4.69) is 15.4 Å². The van der Waals surface area contributed by atoms with Crippen LogP contribution in [0.4, 0.5) is 5.69 Å². The van der Waals surface area contributed by atoms with E-state index in [0.717, 1.165) is 11.1 Å². The average molecular weight is 553 g/mol. The average Bonchev–Trinajstić information content (AvgIpc) is 2.90. The minimum atomic E-state index is -3.91. The van der Waals surface area contributed by atoms with E-state index in [-0.39, 0.29) is 36.8 Å². The van der Waals surface area contributed by atoms with E-state index in [9.17, 15) is 23.1 Å². The number of carbonyl (C=O) groups excluding carboxylic acids is 2. The van der Waals surface area contributed by atoms with Gasteiger partial charge in [-0.1, -0.05) is 48.5 Å². The standard InChI is InChI=1S/C27H32N6O5S/c28-22-10-3-20(4-11-22)17-39(37,38)33-24(14-7-18-5-12-23(34)13-6-18)27(36)32-16-25(35)31-15-19-1-8-21(9-2-19)26(29)30/h1-6,8-13,24,33-34H,7,14-17,28H2,(H3,29,30)(H,31,35)(H,32,36)/t24-/m1/s1. The fraction of sp³-hybridized carbons (Fsp3) is 0.222. The van der Waals surface area contributed by atoms with Crippen LogP contribution in [0.3, 0.4) is 0 Å². The predicted octanol–water partition coefficient (Wildman–Crippen LogP) is 1.11. The van der Waals surface area contributed by atoms with E-state index in [1.807, 2.05) is 0 Å². The number of phenolic OH excluding ortho intramolecular Hbond substituents is 1. The number of amidine groups is 1. The van der Waals surface area contributed by atoms with Crippen molar-refractivity contribution in [2.24, 2.45) is 5.73 Å². The van der Waals surface area contributed by atoms with Gasteiger partial charge in [0.2, 0.25) is 21.8 Å². The molecule has 1 atom stereocenters. The van der Waals surface area contributed by atoms with Crippen molar-refractivity contribution in [3.8, 4) is 5.75 Å². The second-order valence-electron chi connectivity index (χ2n) is 8.98. The van der Waals surface area contributed by atoms with E-state index in [0.29, 0.717) is 23.2 Å². The number of sulfonamides is 1. The fourth-order valence-corrected chi connectivity index (χ4v) is 5.04. The van der Waals surface area contributed by atoms with E-state index >= 15 is 0 Å². The Bertz CT molecular complexity index is 1390. The highest BCUT2D eigenvalue weighted by molar-refractivity contribution is 7.88. The lowest BCUT2D eigenvalue weighted by Crippen LogP contribution is -2.49. The summed E-state index contributed by atoms with van der Waals surface area (Å²) in [6.45, 7) is -0.148. The SMILES string of the molecule is N=C(N)c1ccc(CNC(=O)CNC(=O)[C@@H](CCc2ccc(O)cc2)NS(=O)(=O)Cc2ccc(N)cc2)cc1. The molecule has 9 N–H and O–H groups in total. The third kappa shape index (κ3) is 9.76. The molecule has 0 aliphatic carbocycles. The van der Waals surface area contributed by atoms with Crippen molar-refractivity contribution in [1.82, 2.24) is 15.4 Å². The number of nitrogens with one attached hydrogen (secondary N) is 4. The third-order valence-corrected chi connectivity index (χ3v) is 7.17. The van der Waals surface area contributed by atoms with Gasteiger partial charge in [0.25, 0.3) is 0 Å². The molecule has 39 heavy (non-hydrogen) atoms. The fourth-order valence-electron chi connectivity index (χ4n) is 3.66. The number of aromatic hydroxyl groups is 1. The monoisotopic (exact) mass is 552 g/mol. The van der Waals surface area contributed by atoms with Gasteiger partial charge in [-0.2, -0.15) is 0 Å². The Morgan fingerprint density at radius 3 is 2.08 bits per heavy atom. The van der Waals surface area contributed by atoms with Crippen molar-refractivity contribution < 1.29 is 23.1 Å². The zero-order valence-corrected chi connectivity index (χ0v) is 22.0. The normalized spacial score (nSPS) is 11.9. The minimum Gasteiger partial charge on any atom is -0.508 e. The van der Waals surface area contributed by atoms with Crippen molar-refractivity contribution in [2.75, 3.05) is 12.3 Å². The first-order valence-corrected chi connectivity index (χ1v) is 13.8. The van der Waals surface area contributed by atoms with Crippen LogP contribution < -0.4 is 26.8 Å². The molecule has 0 heterocycles. The quantitative estimate of drug-likeness (QED) is 0.0935. The zero-order chi connectivity index (χ0) is 28.4. The van der Waals surface area contributed by atoms with Crippen LogP contribution in [0.25, 0.3) is 0 Å². The molecular weight excluding hydrogens is 520 g/mol. The summed E-state index contributed by atoms with van der Waals surface area (Å²) >= 11 is 0. The van der Waals surface area contributed by atoms with Crippen LogP contribution in [0.2, 0.25) is 0 Å². The Hall–Kier alpha value is -4.42. The number of anilines is 1. The van der Waals surface area contributed by atoms with Crippen molar-refractivity contribution >= 4 is 33.4 Å². The molecule has 12 heteroatoms. The van der Waals surface area contributed by atoms with Crippen LogP contribution in [0, 0.1) is 5.41 Å². The number of hydrogen-bond donors (Lipinski definition) is 7. The van der Waals surface area contributed by atoms with E-state index in [1.165, 1.54) is 12.1 Å². The molecule has 0 saturated carbocycles. The number of benzene rings is 3. The first-order chi connectivity index (χ1) is 18.5. The first-order valence-electron chi connectivity index (χ1n) is 12.1. The lowest BCUT2D eigenvalue weighted by molar-refractivity contribution is -0.127. The molecule has 11 nitrogen and oxygen atoms in total. The van der Waals surface area contributed by atoms with Gasteiger partial charge in [0.05, 0.1) is 12.3 Å². The van der Waals surface area contributed by atoms with Crippen molar-refractivity contribution in [3.05, 3.63) is 95.1 Å². The molecule has 206 valence electrons. The van der Waals surface area contributed by atoms with Crippen LogP contribution in [0.1, 0.15) is 28.7 Å². The zero-order valence-electron chi connectivity index (χ0n) is 21.2. The van der Waals surface area contributed by atoms with Gasteiger partial charge >= 0.3 is 0 Å². The molecule has 0 spiro atoms. The van der Waals surface area contributed by atoms with Crippen LogP contribution >= 0.6 is 0 Å². The van der Waals surface area contributed by atoms with Crippen LogP contribution in [-0.4, -0.2) is 43.8 Å².